The van der Waals surface area contributed by atoms with Gasteiger partial charge in [0.05, 0.1) is 0 Å². The summed E-state index contributed by atoms with van der Waals surface area (Å²) < 4.78 is 0. The van der Waals surface area contributed by atoms with Crippen molar-refractivity contribution in [2.24, 2.45) is 0 Å². The second-order valence-electron chi connectivity index (χ2n) is 4.83. The molecule has 0 fully saturated rings. The van der Waals surface area contributed by atoms with E-state index in [-0.39, 0.29) is 12.4 Å². The Bertz CT molecular complexity index is 556. The quantitative estimate of drug-likeness (QED) is 0.761. The standard InChI is InChI=1S/C16H22ClN3.ClH/c1-3-20(4-2)11-5-9-18-16-15-12-14(17)7-6-13(15)8-10-19-16;/h6-8,10,12H,3-5,9,11H2,1-2H3,(H,18,19);1H. The second kappa shape index (κ2) is 9.08. The third kappa shape index (κ3) is 5.03. The van der Waals surface area contributed by atoms with Crippen molar-refractivity contribution in [3.05, 3.63) is 35.5 Å². The Morgan fingerprint density at radius 3 is 2.67 bits per heavy atom. The van der Waals surface area contributed by atoms with Gasteiger partial charge in [-0.25, -0.2) is 4.98 Å². The highest BCUT2D eigenvalue weighted by molar-refractivity contribution is 6.31. The largest absolute Gasteiger partial charge is 0.370 e. The van der Waals surface area contributed by atoms with Crippen LogP contribution in [0.4, 0.5) is 5.82 Å². The SMILES string of the molecule is CCN(CC)CCCNc1nccc2ccc(Cl)cc12.Cl. The van der Waals surface area contributed by atoms with Gasteiger partial charge in [0.2, 0.25) is 0 Å². The van der Waals surface area contributed by atoms with Crippen LogP contribution in [0.25, 0.3) is 10.8 Å². The average Bonchev–Trinajstić information content (AvgIpc) is 2.47. The zero-order chi connectivity index (χ0) is 14.4. The third-order valence-electron chi connectivity index (χ3n) is 3.57. The van der Waals surface area contributed by atoms with Crippen molar-refractivity contribution in [2.75, 3.05) is 31.5 Å². The first-order valence-corrected chi connectivity index (χ1v) is 7.63. The lowest BCUT2D eigenvalue weighted by Crippen LogP contribution is -2.25. The minimum Gasteiger partial charge on any atom is -0.370 e. The predicted octanol–water partition coefficient (Wildman–Crippen LogP) is 4.45. The summed E-state index contributed by atoms with van der Waals surface area (Å²) in [5, 5.41) is 6.42. The number of anilines is 1. The maximum absolute atomic E-state index is 6.07. The van der Waals surface area contributed by atoms with Crippen molar-refractivity contribution in [1.29, 1.82) is 0 Å². The summed E-state index contributed by atoms with van der Waals surface area (Å²) in [4.78, 5) is 6.85. The maximum atomic E-state index is 6.07. The molecule has 116 valence electrons. The van der Waals surface area contributed by atoms with Crippen molar-refractivity contribution in [3.63, 3.8) is 0 Å². The highest BCUT2D eigenvalue weighted by Gasteiger charge is 2.03. The fourth-order valence-corrected chi connectivity index (χ4v) is 2.50. The van der Waals surface area contributed by atoms with Crippen LogP contribution in [0.3, 0.4) is 0 Å². The molecular weight excluding hydrogens is 305 g/mol. The first-order chi connectivity index (χ1) is 9.74. The van der Waals surface area contributed by atoms with Gasteiger partial charge in [0, 0.05) is 23.2 Å². The van der Waals surface area contributed by atoms with Crippen LogP contribution in [-0.4, -0.2) is 36.1 Å². The molecule has 0 saturated carbocycles. The van der Waals surface area contributed by atoms with Gasteiger partial charge in [-0.1, -0.05) is 31.5 Å². The summed E-state index contributed by atoms with van der Waals surface area (Å²) in [5.74, 6) is 0.921. The highest BCUT2D eigenvalue weighted by atomic mass is 35.5. The Kier molecular flexibility index (Phi) is 7.79. The van der Waals surface area contributed by atoms with Gasteiger partial charge in [-0.15, -0.1) is 12.4 Å². The Morgan fingerprint density at radius 2 is 1.95 bits per heavy atom. The zero-order valence-corrected chi connectivity index (χ0v) is 14.2. The molecule has 0 amide bonds. The fourth-order valence-electron chi connectivity index (χ4n) is 2.33. The number of hydrogen-bond donors (Lipinski definition) is 1. The number of pyridine rings is 1. The van der Waals surface area contributed by atoms with Gasteiger partial charge in [-0.05, 0) is 49.6 Å². The molecule has 1 aromatic heterocycles. The number of halogens is 2. The van der Waals surface area contributed by atoms with Gasteiger partial charge in [0.1, 0.15) is 5.82 Å². The summed E-state index contributed by atoms with van der Waals surface area (Å²) in [5.41, 5.74) is 0. The topological polar surface area (TPSA) is 28.2 Å². The number of rotatable bonds is 7. The van der Waals surface area contributed by atoms with Crippen LogP contribution in [0.15, 0.2) is 30.5 Å². The van der Waals surface area contributed by atoms with Crippen molar-refractivity contribution >= 4 is 40.6 Å². The number of aromatic nitrogens is 1. The minimum atomic E-state index is 0. The average molecular weight is 328 g/mol. The Morgan fingerprint density at radius 1 is 1.19 bits per heavy atom. The fraction of sp³-hybridized carbons (Fsp3) is 0.438. The van der Waals surface area contributed by atoms with Crippen LogP contribution in [0.5, 0.6) is 0 Å². The number of fused-ring (bicyclic) bond motifs is 1. The van der Waals surface area contributed by atoms with E-state index in [1.165, 1.54) is 0 Å². The van der Waals surface area contributed by atoms with E-state index in [2.05, 4.69) is 29.0 Å². The minimum absolute atomic E-state index is 0. The summed E-state index contributed by atoms with van der Waals surface area (Å²) in [7, 11) is 0. The first kappa shape index (κ1) is 18.0. The van der Waals surface area contributed by atoms with Gasteiger partial charge < -0.3 is 10.2 Å². The number of hydrogen-bond acceptors (Lipinski definition) is 3. The van der Waals surface area contributed by atoms with E-state index in [1.807, 2.05) is 30.5 Å². The Labute approximate surface area is 138 Å². The molecule has 0 aliphatic rings. The Hall–Kier alpha value is -1.03. The normalized spacial score (nSPS) is 10.7. The van der Waals surface area contributed by atoms with E-state index >= 15 is 0 Å². The lowest BCUT2D eigenvalue weighted by atomic mass is 10.1. The molecule has 0 aliphatic carbocycles. The van der Waals surface area contributed by atoms with E-state index in [4.69, 9.17) is 11.6 Å². The molecule has 1 aromatic carbocycles. The van der Waals surface area contributed by atoms with Crippen LogP contribution < -0.4 is 5.32 Å². The molecule has 2 rings (SSSR count). The molecule has 0 bridgehead atoms. The molecule has 0 spiro atoms. The molecule has 0 radical (unpaired) electrons. The molecule has 1 heterocycles. The number of benzene rings is 1. The number of nitrogens with zero attached hydrogens (tertiary/aromatic N) is 2. The van der Waals surface area contributed by atoms with Gasteiger partial charge in [-0.2, -0.15) is 0 Å². The summed E-state index contributed by atoms with van der Waals surface area (Å²) >= 11 is 6.07. The summed E-state index contributed by atoms with van der Waals surface area (Å²) in [6, 6.07) is 7.91. The second-order valence-corrected chi connectivity index (χ2v) is 5.27. The van der Waals surface area contributed by atoms with Crippen molar-refractivity contribution < 1.29 is 0 Å². The van der Waals surface area contributed by atoms with Crippen LogP contribution in [0, 0.1) is 0 Å². The maximum Gasteiger partial charge on any atom is 0.133 e. The van der Waals surface area contributed by atoms with Crippen molar-refractivity contribution in [1.82, 2.24) is 9.88 Å². The summed E-state index contributed by atoms with van der Waals surface area (Å²) in [6.45, 7) is 8.66. The van der Waals surface area contributed by atoms with E-state index in [1.54, 1.807) is 0 Å². The lowest BCUT2D eigenvalue weighted by Gasteiger charge is -2.18. The molecule has 1 N–H and O–H groups in total. The van der Waals surface area contributed by atoms with Gasteiger partial charge in [0.15, 0.2) is 0 Å². The molecular formula is C16H23Cl2N3. The highest BCUT2D eigenvalue weighted by Crippen LogP contribution is 2.24. The lowest BCUT2D eigenvalue weighted by molar-refractivity contribution is 0.303. The van der Waals surface area contributed by atoms with E-state index in [9.17, 15) is 0 Å². The third-order valence-corrected chi connectivity index (χ3v) is 3.80. The molecule has 0 atom stereocenters. The Balaban J connectivity index is 0.00000220. The van der Waals surface area contributed by atoms with Crippen molar-refractivity contribution in [2.45, 2.75) is 20.3 Å². The first-order valence-electron chi connectivity index (χ1n) is 7.25. The van der Waals surface area contributed by atoms with E-state index in [0.29, 0.717) is 0 Å². The molecule has 21 heavy (non-hydrogen) atoms. The van der Waals surface area contributed by atoms with Gasteiger partial charge in [-0.3, -0.25) is 0 Å². The molecule has 0 aliphatic heterocycles. The van der Waals surface area contributed by atoms with Crippen LogP contribution in [0.1, 0.15) is 20.3 Å². The van der Waals surface area contributed by atoms with Crippen molar-refractivity contribution in [3.8, 4) is 0 Å². The van der Waals surface area contributed by atoms with Gasteiger partial charge >= 0.3 is 0 Å². The predicted molar refractivity (Wildman–Crippen MR) is 94.9 cm³/mol. The zero-order valence-electron chi connectivity index (χ0n) is 12.6. The smallest absolute Gasteiger partial charge is 0.133 e. The summed E-state index contributed by atoms with van der Waals surface area (Å²) in [6.07, 6.45) is 2.95. The van der Waals surface area contributed by atoms with Crippen LogP contribution >= 0.6 is 24.0 Å². The van der Waals surface area contributed by atoms with E-state index in [0.717, 1.165) is 54.2 Å². The molecule has 0 saturated heterocycles. The number of nitrogens with one attached hydrogen (secondary N) is 1. The van der Waals surface area contributed by atoms with Crippen LogP contribution in [-0.2, 0) is 0 Å². The van der Waals surface area contributed by atoms with Crippen LogP contribution in [0.2, 0.25) is 5.02 Å². The molecule has 5 heteroatoms. The molecule has 0 unspecified atom stereocenters. The monoisotopic (exact) mass is 327 g/mol. The van der Waals surface area contributed by atoms with E-state index < -0.39 is 0 Å². The van der Waals surface area contributed by atoms with Gasteiger partial charge in [0.25, 0.3) is 0 Å². The molecule has 2 aromatic rings. The molecule has 3 nitrogen and oxygen atoms in total.